The zero-order valence-corrected chi connectivity index (χ0v) is 13.6. The highest BCUT2D eigenvalue weighted by atomic mass is 32.2. The van der Waals surface area contributed by atoms with E-state index in [2.05, 4.69) is 0 Å². The third-order valence-corrected chi connectivity index (χ3v) is 3.75. The molecule has 0 aromatic carbocycles. The molecule has 0 aliphatic rings. The molecule has 9 heteroatoms. The largest absolute Gasteiger partial charge is 0.481 e. The fraction of sp³-hybridized carbons (Fsp3) is 0.833. The van der Waals surface area contributed by atoms with Gasteiger partial charge in [-0.1, -0.05) is 0 Å². The number of carboxylic acids is 1. The molecule has 0 saturated carbocycles. The molecule has 0 spiro atoms. The van der Waals surface area contributed by atoms with E-state index in [0.717, 1.165) is 10.6 Å². The van der Waals surface area contributed by atoms with Crippen molar-refractivity contribution in [2.24, 2.45) is 0 Å². The number of hydrogen-bond donors (Lipinski definition) is 1. The number of carboxylic acid groups (broad SMARTS) is 1. The molecular weight excluding hydrogens is 302 g/mol. The lowest BCUT2D eigenvalue weighted by Gasteiger charge is -2.24. The topological polar surface area (TPSA) is 110 Å². The molecule has 1 atom stereocenters. The van der Waals surface area contributed by atoms with Gasteiger partial charge in [0.25, 0.3) is 0 Å². The van der Waals surface area contributed by atoms with Gasteiger partial charge in [-0.2, -0.15) is 0 Å². The first kappa shape index (κ1) is 19.8. The van der Waals surface area contributed by atoms with E-state index < -0.39 is 28.1 Å². The molecule has 0 aromatic rings. The number of sulfonamides is 1. The molecule has 0 heterocycles. The second-order valence-electron chi connectivity index (χ2n) is 4.93. The van der Waals surface area contributed by atoms with E-state index in [-0.39, 0.29) is 32.1 Å². The van der Waals surface area contributed by atoms with E-state index in [9.17, 15) is 18.0 Å². The zero-order chi connectivity index (χ0) is 16.6. The van der Waals surface area contributed by atoms with E-state index in [4.69, 9.17) is 14.6 Å². The van der Waals surface area contributed by atoms with Crippen molar-refractivity contribution in [3.8, 4) is 0 Å². The van der Waals surface area contributed by atoms with Crippen molar-refractivity contribution in [2.45, 2.75) is 38.9 Å². The summed E-state index contributed by atoms with van der Waals surface area (Å²) in [6.45, 7) is 3.47. The van der Waals surface area contributed by atoms with Crippen LogP contribution in [0.5, 0.6) is 0 Å². The summed E-state index contributed by atoms with van der Waals surface area (Å²) in [5.74, 6) is -1.74. The van der Waals surface area contributed by atoms with Crippen molar-refractivity contribution in [1.82, 2.24) is 4.31 Å². The molecule has 0 radical (unpaired) electrons. The van der Waals surface area contributed by atoms with Crippen LogP contribution in [0.25, 0.3) is 0 Å². The molecule has 0 saturated heterocycles. The highest BCUT2D eigenvalue weighted by Gasteiger charge is 2.21. The maximum atomic E-state index is 11.4. The van der Waals surface area contributed by atoms with Crippen LogP contribution in [0.1, 0.15) is 26.7 Å². The number of esters is 1. The Labute approximate surface area is 125 Å². The van der Waals surface area contributed by atoms with Crippen LogP contribution in [0.15, 0.2) is 0 Å². The number of likely N-dealkylation sites (N-methyl/N-ethyl adjacent to an activating group) is 1. The summed E-state index contributed by atoms with van der Waals surface area (Å²) in [5, 5.41) is 8.46. The Morgan fingerprint density at radius 2 is 1.81 bits per heavy atom. The summed E-state index contributed by atoms with van der Waals surface area (Å²) in [6, 6.07) is 0. The maximum Gasteiger partial charge on any atom is 0.306 e. The lowest BCUT2D eigenvalue weighted by Crippen LogP contribution is -2.39. The summed E-state index contributed by atoms with van der Waals surface area (Å²) in [6.07, 6.45) is -0.249. The molecule has 0 aliphatic heterocycles. The van der Waals surface area contributed by atoms with Crippen LogP contribution >= 0.6 is 0 Å². The number of carbonyl (C=O) groups is 2. The normalized spacial score (nSPS) is 13.4. The number of nitrogens with zero attached hydrogens (tertiary/aromatic N) is 1. The third-order valence-electron chi connectivity index (χ3n) is 2.46. The van der Waals surface area contributed by atoms with Gasteiger partial charge in [0.05, 0.1) is 25.2 Å². The minimum Gasteiger partial charge on any atom is -0.481 e. The van der Waals surface area contributed by atoms with Crippen molar-refractivity contribution in [2.75, 3.05) is 26.5 Å². The van der Waals surface area contributed by atoms with Crippen LogP contribution in [0.4, 0.5) is 0 Å². The molecule has 0 aliphatic carbocycles. The van der Waals surface area contributed by atoms with Crippen LogP contribution in [0, 0.1) is 0 Å². The van der Waals surface area contributed by atoms with Gasteiger partial charge in [-0.15, -0.1) is 0 Å². The lowest BCUT2D eigenvalue weighted by atomic mass is 10.3. The van der Waals surface area contributed by atoms with Crippen LogP contribution < -0.4 is 0 Å². The molecule has 0 aromatic heterocycles. The van der Waals surface area contributed by atoms with Crippen molar-refractivity contribution >= 4 is 22.0 Å². The number of rotatable bonds is 10. The van der Waals surface area contributed by atoms with Crippen LogP contribution in [-0.2, 0) is 29.1 Å². The number of ether oxygens (including phenoxy) is 2. The number of aliphatic carboxylic acids is 1. The number of carbonyl (C=O) groups excluding carboxylic acids is 1. The average molecular weight is 325 g/mol. The Kier molecular flexibility index (Phi) is 8.45. The van der Waals surface area contributed by atoms with Gasteiger partial charge in [-0.05, 0) is 13.8 Å². The highest BCUT2D eigenvalue weighted by Crippen LogP contribution is 2.05. The molecule has 0 rings (SSSR count). The highest BCUT2D eigenvalue weighted by molar-refractivity contribution is 7.88. The van der Waals surface area contributed by atoms with Gasteiger partial charge in [-0.3, -0.25) is 9.59 Å². The molecular formula is C12H23NO7S. The first-order valence-corrected chi connectivity index (χ1v) is 8.31. The zero-order valence-electron chi connectivity index (χ0n) is 12.7. The summed E-state index contributed by atoms with van der Waals surface area (Å²) in [5.41, 5.74) is 0. The molecule has 0 bridgehead atoms. The quantitative estimate of drug-likeness (QED) is 0.566. The molecule has 21 heavy (non-hydrogen) atoms. The molecule has 8 nitrogen and oxygen atoms in total. The summed E-state index contributed by atoms with van der Waals surface area (Å²) in [4.78, 5) is 21.7. The smallest absolute Gasteiger partial charge is 0.306 e. The van der Waals surface area contributed by atoms with Gasteiger partial charge >= 0.3 is 11.9 Å². The first-order valence-electron chi connectivity index (χ1n) is 6.46. The number of hydrogen-bond acceptors (Lipinski definition) is 6. The summed E-state index contributed by atoms with van der Waals surface area (Å²) in [7, 11) is -1.96. The van der Waals surface area contributed by atoms with E-state index in [1.54, 1.807) is 13.8 Å². The fourth-order valence-electron chi connectivity index (χ4n) is 1.41. The molecule has 0 fully saturated rings. The Bertz CT molecular complexity index is 447. The van der Waals surface area contributed by atoms with Gasteiger partial charge in [0.1, 0.15) is 12.7 Å². The summed E-state index contributed by atoms with van der Waals surface area (Å²) < 4.78 is 34.2. The van der Waals surface area contributed by atoms with Crippen LogP contribution in [0.3, 0.4) is 0 Å². The Hall–Kier alpha value is -1.19. The van der Waals surface area contributed by atoms with Crippen molar-refractivity contribution in [3.05, 3.63) is 0 Å². The average Bonchev–Trinajstić information content (AvgIpc) is 2.31. The Morgan fingerprint density at radius 3 is 2.24 bits per heavy atom. The van der Waals surface area contributed by atoms with Crippen LogP contribution in [-0.4, -0.2) is 68.4 Å². The summed E-state index contributed by atoms with van der Waals surface area (Å²) >= 11 is 0. The monoisotopic (exact) mass is 325 g/mol. The standard InChI is InChI=1S/C12H23NO7S/c1-9(2)20-10(7-13(3)21(4,17)18)8-19-12(16)6-5-11(14)15/h9-10H,5-8H2,1-4H3,(H,14,15)/t10-/m0/s1. The predicted molar refractivity (Wildman–Crippen MR) is 75.3 cm³/mol. The van der Waals surface area contributed by atoms with E-state index >= 15 is 0 Å². The predicted octanol–water partition coefficient (Wildman–Crippen LogP) is 0.0794. The maximum absolute atomic E-state index is 11.4. The van der Waals surface area contributed by atoms with Crippen molar-refractivity contribution in [3.63, 3.8) is 0 Å². The van der Waals surface area contributed by atoms with Crippen molar-refractivity contribution < 1.29 is 32.6 Å². The Balaban J connectivity index is 4.43. The van der Waals surface area contributed by atoms with E-state index in [1.807, 2.05) is 0 Å². The minimum atomic E-state index is -3.36. The molecule has 0 unspecified atom stereocenters. The van der Waals surface area contributed by atoms with Crippen molar-refractivity contribution in [1.29, 1.82) is 0 Å². The van der Waals surface area contributed by atoms with Gasteiger partial charge in [0.15, 0.2) is 0 Å². The molecule has 0 amide bonds. The fourth-order valence-corrected chi connectivity index (χ4v) is 1.85. The third kappa shape index (κ3) is 10.2. The van der Waals surface area contributed by atoms with Gasteiger partial charge in [0, 0.05) is 13.6 Å². The van der Waals surface area contributed by atoms with Crippen LogP contribution in [0.2, 0.25) is 0 Å². The molecule has 1 N–H and O–H groups in total. The second-order valence-corrected chi connectivity index (χ2v) is 7.02. The van der Waals surface area contributed by atoms with Gasteiger partial charge in [0.2, 0.25) is 10.0 Å². The van der Waals surface area contributed by atoms with Gasteiger partial charge in [-0.25, -0.2) is 12.7 Å². The van der Waals surface area contributed by atoms with E-state index in [0.29, 0.717) is 0 Å². The first-order chi connectivity index (χ1) is 9.52. The van der Waals surface area contributed by atoms with E-state index in [1.165, 1.54) is 7.05 Å². The molecule has 124 valence electrons. The lowest BCUT2D eigenvalue weighted by molar-refractivity contribution is -0.152. The second kappa shape index (κ2) is 8.96. The minimum absolute atomic E-state index is 0.0449. The van der Waals surface area contributed by atoms with Gasteiger partial charge < -0.3 is 14.6 Å². The SMILES string of the molecule is CC(C)O[C@H](COC(=O)CCC(=O)O)CN(C)S(C)(=O)=O. The Morgan fingerprint density at radius 1 is 1.24 bits per heavy atom.